The predicted octanol–water partition coefficient (Wildman–Crippen LogP) is 0.763. The smallest absolute Gasteiger partial charge is 0.305 e. The molecule has 0 spiro atoms. The minimum absolute atomic E-state index is 0.0910. The van der Waals surface area contributed by atoms with Gasteiger partial charge < -0.3 is 4.74 Å². The number of carbonyl (C=O) groups is 1. The van der Waals surface area contributed by atoms with E-state index >= 15 is 0 Å². The fraction of sp³-hybridized carbons (Fsp3) is 0.500. The van der Waals surface area contributed by atoms with E-state index in [-0.39, 0.29) is 25.1 Å². The molecule has 1 N–H and O–H groups in total. The average Bonchev–Trinajstić information content (AvgIpc) is 2.37. The van der Waals surface area contributed by atoms with E-state index < -0.39 is 16.0 Å². The number of carbonyl (C=O) groups excluding carboxylic acids is 1. The second kappa shape index (κ2) is 7.20. The Balaban J connectivity index is 2.43. The molecule has 1 aromatic rings. The van der Waals surface area contributed by atoms with Gasteiger partial charge in [-0.05, 0) is 30.5 Å². The zero-order valence-corrected chi connectivity index (χ0v) is 11.9. The lowest BCUT2D eigenvalue weighted by Gasteiger charge is -2.08. The third kappa shape index (κ3) is 5.80. The minimum Gasteiger partial charge on any atom is -0.469 e. The van der Waals surface area contributed by atoms with Crippen LogP contribution in [0.25, 0.3) is 0 Å². The van der Waals surface area contributed by atoms with Crippen molar-refractivity contribution in [1.82, 2.24) is 9.71 Å². The third-order valence-electron chi connectivity index (χ3n) is 2.64. The summed E-state index contributed by atoms with van der Waals surface area (Å²) >= 11 is 0. The number of aryl methyl sites for hydroxylation is 1. The maximum atomic E-state index is 11.7. The Labute approximate surface area is 113 Å². The van der Waals surface area contributed by atoms with Gasteiger partial charge in [-0.2, -0.15) is 0 Å². The summed E-state index contributed by atoms with van der Waals surface area (Å²) in [5.74, 6) is -0.494. The molecule has 0 saturated heterocycles. The number of esters is 1. The topological polar surface area (TPSA) is 85.4 Å². The van der Waals surface area contributed by atoms with Gasteiger partial charge in [-0.1, -0.05) is 0 Å². The number of methoxy groups -OCH3 is 1. The van der Waals surface area contributed by atoms with E-state index in [0.29, 0.717) is 0 Å². The molecule has 0 radical (unpaired) electrons. The van der Waals surface area contributed by atoms with E-state index in [0.717, 1.165) is 11.1 Å². The van der Waals surface area contributed by atoms with Crippen molar-refractivity contribution < 1.29 is 17.9 Å². The number of ether oxygens (including phenoxy) is 1. The molecule has 0 unspecified atom stereocenters. The van der Waals surface area contributed by atoms with E-state index in [1.807, 2.05) is 6.92 Å². The second-order valence-electron chi connectivity index (χ2n) is 4.12. The summed E-state index contributed by atoms with van der Waals surface area (Å²) in [4.78, 5) is 14.8. The summed E-state index contributed by atoms with van der Waals surface area (Å²) in [6, 6.07) is 1.77. The standard InChI is InChI=1S/C12H18N2O4S/c1-10-8-13-6-5-11(10)9-14-19(16,17)7-3-4-12(15)18-2/h5-6,8,14H,3-4,7,9H2,1-2H3. The lowest BCUT2D eigenvalue weighted by molar-refractivity contribution is -0.140. The predicted molar refractivity (Wildman–Crippen MR) is 70.9 cm³/mol. The Morgan fingerprint density at radius 3 is 2.84 bits per heavy atom. The van der Waals surface area contributed by atoms with Crippen molar-refractivity contribution in [2.24, 2.45) is 0 Å². The van der Waals surface area contributed by atoms with Crippen molar-refractivity contribution in [3.05, 3.63) is 29.6 Å². The summed E-state index contributed by atoms with van der Waals surface area (Å²) in [6.45, 7) is 2.10. The first-order valence-electron chi connectivity index (χ1n) is 5.88. The third-order valence-corrected chi connectivity index (χ3v) is 4.05. The van der Waals surface area contributed by atoms with Crippen LogP contribution in [0.4, 0.5) is 0 Å². The highest BCUT2D eigenvalue weighted by atomic mass is 32.2. The normalized spacial score (nSPS) is 11.3. The van der Waals surface area contributed by atoms with Gasteiger partial charge in [-0.25, -0.2) is 13.1 Å². The molecule has 6 nitrogen and oxygen atoms in total. The van der Waals surface area contributed by atoms with Crippen LogP contribution in [0.3, 0.4) is 0 Å². The molecule has 0 saturated carbocycles. The number of aromatic nitrogens is 1. The first-order chi connectivity index (χ1) is 8.94. The number of nitrogens with one attached hydrogen (secondary N) is 1. The lowest BCUT2D eigenvalue weighted by atomic mass is 10.2. The van der Waals surface area contributed by atoms with Gasteiger partial charge in [0.15, 0.2) is 0 Å². The summed E-state index contributed by atoms with van der Waals surface area (Å²) in [6.07, 6.45) is 3.65. The van der Waals surface area contributed by atoms with Crippen LogP contribution in [0.5, 0.6) is 0 Å². The molecule has 0 aliphatic heterocycles. The van der Waals surface area contributed by atoms with E-state index in [1.165, 1.54) is 7.11 Å². The minimum atomic E-state index is -3.38. The number of sulfonamides is 1. The van der Waals surface area contributed by atoms with E-state index in [4.69, 9.17) is 0 Å². The molecular formula is C12H18N2O4S. The maximum Gasteiger partial charge on any atom is 0.305 e. The molecule has 19 heavy (non-hydrogen) atoms. The van der Waals surface area contributed by atoms with E-state index in [2.05, 4.69) is 14.4 Å². The monoisotopic (exact) mass is 286 g/mol. The number of hydrogen-bond acceptors (Lipinski definition) is 5. The van der Waals surface area contributed by atoms with Crippen LogP contribution in [-0.2, 0) is 26.1 Å². The quantitative estimate of drug-likeness (QED) is 0.748. The van der Waals surface area contributed by atoms with Gasteiger partial charge >= 0.3 is 5.97 Å². The molecule has 1 aromatic heterocycles. The number of rotatable bonds is 7. The van der Waals surface area contributed by atoms with Crippen LogP contribution in [0.2, 0.25) is 0 Å². The second-order valence-corrected chi connectivity index (χ2v) is 6.05. The highest BCUT2D eigenvalue weighted by molar-refractivity contribution is 7.89. The van der Waals surface area contributed by atoms with Gasteiger partial charge in [0.1, 0.15) is 0 Å². The highest BCUT2D eigenvalue weighted by Gasteiger charge is 2.12. The van der Waals surface area contributed by atoms with Crippen LogP contribution in [0.15, 0.2) is 18.5 Å². The van der Waals surface area contributed by atoms with Crippen LogP contribution in [-0.4, -0.2) is 32.2 Å². The number of nitrogens with zero attached hydrogens (tertiary/aromatic N) is 1. The van der Waals surface area contributed by atoms with E-state index in [9.17, 15) is 13.2 Å². The molecule has 0 amide bonds. The van der Waals surface area contributed by atoms with Gasteiger partial charge in [0.05, 0.1) is 12.9 Å². The SMILES string of the molecule is COC(=O)CCCS(=O)(=O)NCc1ccncc1C. The molecule has 7 heteroatoms. The van der Waals surface area contributed by atoms with Crippen LogP contribution in [0, 0.1) is 6.92 Å². The van der Waals surface area contributed by atoms with Gasteiger partial charge in [0.2, 0.25) is 10.0 Å². The fourth-order valence-electron chi connectivity index (χ4n) is 1.47. The van der Waals surface area contributed by atoms with Gasteiger partial charge in [0, 0.05) is 25.4 Å². The number of pyridine rings is 1. The number of hydrogen-bond donors (Lipinski definition) is 1. The van der Waals surface area contributed by atoms with E-state index in [1.54, 1.807) is 18.5 Å². The molecule has 1 heterocycles. The van der Waals surface area contributed by atoms with Gasteiger partial charge in [-0.15, -0.1) is 0 Å². The summed E-state index contributed by atoms with van der Waals surface area (Å²) in [7, 11) is -2.10. The van der Waals surface area contributed by atoms with Crippen LogP contribution in [0.1, 0.15) is 24.0 Å². The Bertz CT molecular complexity index is 528. The van der Waals surface area contributed by atoms with Crippen molar-refractivity contribution >= 4 is 16.0 Å². The zero-order valence-electron chi connectivity index (χ0n) is 11.0. The Hall–Kier alpha value is -1.47. The highest BCUT2D eigenvalue weighted by Crippen LogP contribution is 2.05. The molecule has 0 aromatic carbocycles. The van der Waals surface area contributed by atoms with Crippen molar-refractivity contribution in [3.8, 4) is 0 Å². The molecule has 0 bridgehead atoms. The first-order valence-corrected chi connectivity index (χ1v) is 7.53. The Morgan fingerprint density at radius 2 is 2.21 bits per heavy atom. The first kappa shape index (κ1) is 15.6. The van der Waals surface area contributed by atoms with Gasteiger partial charge in [0.25, 0.3) is 0 Å². The molecule has 1 rings (SSSR count). The van der Waals surface area contributed by atoms with Crippen molar-refractivity contribution in [3.63, 3.8) is 0 Å². The fourth-order valence-corrected chi connectivity index (χ4v) is 2.51. The Kier molecular flexibility index (Phi) is 5.91. The molecular weight excluding hydrogens is 268 g/mol. The zero-order chi connectivity index (χ0) is 14.3. The van der Waals surface area contributed by atoms with Crippen molar-refractivity contribution in [1.29, 1.82) is 0 Å². The molecule has 0 aliphatic carbocycles. The van der Waals surface area contributed by atoms with Crippen molar-refractivity contribution in [2.75, 3.05) is 12.9 Å². The largest absolute Gasteiger partial charge is 0.469 e. The summed E-state index contributed by atoms with van der Waals surface area (Å²) in [5.41, 5.74) is 1.81. The summed E-state index contributed by atoms with van der Waals surface area (Å²) < 4.78 is 30.4. The Morgan fingerprint density at radius 1 is 1.47 bits per heavy atom. The molecule has 0 aliphatic rings. The van der Waals surface area contributed by atoms with Crippen molar-refractivity contribution in [2.45, 2.75) is 26.3 Å². The molecule has 106 valence electrons. The van der Waals surface area contributed by atoms with Crippen LogP contribution >= 0.6 is 0 Å². The average molecular weight is 286 g/mol. The van der Waals surface area contributed by atoms with Gasteiger partial charge in [-0.3, -0.25) is 9.78 Å². The molecule has 0 atom stereocenters. The summed E-state index contributed by atoms with van der Waals surface area (Å²) in [5, 5.41) is 0. The van der Waals surface area contributed by atoms with Crippen LogP contribution < -0.4 is 4.72 Å². The lowest BCUT2D eigenvalue weighted by Crippen LogP contribution is -2.26. The maximum absolute atomic E-state index is 11.7. The molecule has 0 fully saturated rings.